The quantitative estimate of drug-likeness (QED) is 0.665. The molecule has 2 aliphatic heterocycles. The monoisotopic (exact) mass is 463 g/mol. The van der Waals surface area contributed by atoms with Gasteiger partial charge in [-0.3, -0.25) is 24.5 Å². The van der Waals surface area contributed by atoms with Crippen LogP contribution in [0.15, 0.2) is 42.4 Å². The molecular formula is C23H19ClF2N2O4. The van der Waals surface area contributed by atoms with Crippen molar-refractivity contribution in [1.29, 1.82) is 0 Å². The number of carbonyl (C=O) groups is 4. The van der Waals surface area contributed by atoms with Crippen molar-refractivity contribution in [3.8, 4) is 0 Å². The van der Waals surface area contributed by atoms with E-state index in [0.29, 0.717) is 4.90 Å². The Morgan fingerprint density at radius 2 is 1.94 bits per heavy atom. The maximum Gasteiger partial charge on any atom is 0.330 e. The molecule has 0 aromatic heterocycles. The second kappa shape index (κ2) is 8.43. The van der Waals surface area contributed by atoms with Gasteiger partial charge in [-0.25, -0.2) is 0 Å². The van der Waals surface area contributed by atoms with Gasteiger partial charge in [-0.05, 0) is 42.2 Å². The van der Waals surface area contributed by atoms with Crippen LogP contribution in [-0.4, -0.2) is 34.4 Å². The van der Waals surface area contributed by atoms with Gasteiger partial charge in [0.05, 0.1) is 4.11 Å². The molecule has 6 nitrogen and oxygen atoms in total. The Kier molecular flexibility index (Phi) is 4.86. The van der Waals surface area contributed by atoms with Crippen LogP contribution in [0, 0.1) is 0 Å². The van der Waals surface area contributed by atoms with Crippen LogP contribution in [0.2, 0.25) is 5.02 Å². The Labute approximate surface area is 191 Å². The summed E-state index contributed by atoms with van der Waals surface area (Å²) >= 11 is 5.71. The lowest BCUT2D eigenvalue weighted by atomic mass is 9.97. The van der Waals surface area contributed by atoms with E-state index in [2.05, 4.69) is 5.32 Å². The van der Waals surface area contributed by atoms with Crippen LogP contribution < -0.4 is 5.32 Å². The zero-order valence-electron chi connectivity index (χ0n) is 19.6. The number of imide groups is 1. The van der Waals surface area contributed by atoms with Gasteiger partial charge in [0.15, 0.2) is 0 Å². The van der Waals surface area contributed by atoms with E-state index in [0.717, 1.165) is 12.1 Å². The number of piperidine rings is 1. The SMILES string of the molecule is [2H]c1c(CCC(=O)C(F)(F)c2ccc(Cl)cc2)ccc2c1C([2H])([2H])N(C1CCC(=O)NC1=O)C2=O. The predicted molar refractivity (Wildman–Crippen MR) is 111 cm³/mol. The highest BCUT2D eigenvalue weighted by atomic mass is 35.5. The Morgan fingerprint density at radius 1 is 1.22 bits per heavy atom. The van der Waals surface area contributed by atoms with E-state index < -0.39 is 60.0 Å². The summed E-state index contributed by atoms with van der Waals surface area (Å²) < 4.78 is 54.6. The fourth-order valence-corrected chi connectivity index (χ4v) is 3.75. The van der Waals surface area contributed by atoms with Crippen molar-refractivity contribution in [2.75, 3.05) is 0 Å². The van der Waals surface area contributed by atoms with E-state index >= 15 is 0 Å². The summed E-state index contributed by atoms with van der Waals surface area (Å²) in [6.45, 7) is -2.56. The Hall–Kier alpha value is -3.13. The number of nitrogens with zero attached hydrogens (tertiary/aromatic N) is 1. The molecule has 0 radical (unpaired) electrons. The molecule has 4 rings (SSSR count). The summed E-state index contributed by atoms with van der Waals surface area (Å²) in [6.07, 6.45) is -1.06. The van der Waals surface area contributed by atoms with E-state index in [9.17, 15) is 28.0 Å². The van der Waals surface area contributed by atoms with E-state index in [4.69, 9.17) is 15.7 Å². The molecule has 0 bridgehead atoms. The van der Waals surface area contributed by atoms with Gasteiger partial charge in [-0.1, -0.05) is 35.8 Å². The molecule has 1 fully saturated rings. The number of benzene rings is 2. The number of nitrogens with one attached hydrogen (secondary N) is 1. The summed E-state index contributed by atoms with van der Waals surface area (Å²) in [5.74, 6) is -7.32. The molecule has 2 aliphatic rings. The highest BCUT2D eigenvalue weighted by Gasteiger charge is 2.41. The first kappa shape index (κ1) is 18.4. The van der Waals surface area contributed by atoms with Crippen LogP contribution in [0.4, 0.5) is 8.78 Å². The number of alkyl halides is 2. The van der Waals surface area contributed by atoms with Crippen LogP contribution in [0.1, 0.15) is 50.4 Å². The van der Waals surface area contributed by atoms with Crippen LogP contribution in [0.25, 0.3) is 0 Å². The normalized spacial score (nSPS) is 21.5. The van der Waals surface area contributed by atoms with Crippen molar-refractivity contribution < 1.29 is 32.1 Å². The number of hydrogen-bond donors (Lipinski definition) is 1. The second-order valence-electron chi connectivity index (χ2n) is 7.53. The second-order valence-corrected chi connectivity index (χ2v) is 7.97. The summed E-state index contributed by atoms with van der Waals surface area (Å²) in [5.41, 5.74) is -0.854. The number of fused-ring (bicyclic) bond motifs is 1. The molecule has 1 atom stereocenters. The third-order valence-corrected chi connectivity index (χ3v) is 5.64. The molecule has 0 saturated carbocycles. The first-order valence-corrected chi connectivity index (χ1v) is 10.2. The molecule has 1 unspecified atom stereocenters. The number of hydrogen-bond acceptors (Lipinski definition) is 4. The van der Waals surface area contributed by atoms with Gasteiger partial charge in [-0.2, -0.15) is 8.78 Å². The molecule has 9 heteroatoms. The minimum Gasteiger partial charge on any atom is -0.322 e. The lowest BCUT2D eigenvalue weighted by Crippen LogP contribution is -2.52. The average Bonchev–Trinajstić information content (AvgIpc) is 2.99. The predicted octanol–water partition coefficient (Wildman–Crippen LogP) is 3.39. The fraction of sp³-hybridized carbons (Fsp3) is 0.304. The van der Waals surface area contributed by atoms with Gasteiger partial charge in [0.1, 0.15) is 6.04 Å². The Morgan fingerprint density at radius 3 is 2.62 bits per heavy atom. The van der Waals surface area contributed by atoms with Crippen molar-refractivity contribution in [3.05, 3.63) is 69.7 Å². The van der Waals surface area contributed by atoms with Crippen LogP contribution in [0.5, 0.6) is 0 Å². The molecule has 1 saturated heterocycles. The molecule has 32 heavy (non-hydrogen) atoms. The van der Waals surface area contributed by atoms with E-state index in [1.807, 2.05) is 0 Å². The highest BCUT2D eigenvalue weighted by molar-refractivity contribution is 6.30. The largest absolute Gasteiger partial charge is 0.330 e. The van der Waals surface area contributed by atoms with Crippen molar-refractivity contribution in [3.63, 3.8) is 0 Å². The Balaban J connectivity index is 1.57. The molecule has 1 N–H and O–H groups in total. The third kappa shape index (κ3) is 4.14. The minimum absolute atomic E-state index is 0.0711. The van der Waals surface area contributed by atoms with E-state index in [-0.39, 0.29) is 41.0 Å². The van der Waals surface area contributed by atoms with Crippen LogP contribution >= 0.6 is 11.6 Å². The maximum absolute atomic E-state index is 14.6. The third-order valence-electron chi connectivity index (χ3n) is 5.39. The number of carbonyl (C=O) groups excluding carboxylic acids is 4. The van der Waals surface area contributed by atoms with Crippen molar-refractivity contribution >= 4 is 35.1 Å². The van der Waals surface area contributed by atoms with E-state index in [1.54, 1.807) is 0 Å². The average molecular weight is 464 g/mol. The number of amides is 3. The van der Waals surface area contributed by atoms with Gasteiger partial charge in [0, 0.05) is 35.5 Å². The smallest absolute Gasteiger partial charge is 0.322 e. The molecule has 166 valence electrons. The molecule has 2 aromatic rings. The number of aryl methyl sites for hydroxylation is 1. The summed E-state index contributed by atoms with van der Waals surface area (Å²) in [4.78, 5) is 49.7. The van der Waals surface area contributed by atoms with Crippen molar-refractivity contribution in [2.45, 2.75) is 44.1 Å². The molecule has 2 aromatic carbocycles. The van der Waals surface area contributed by atoms with Crippen LogP contribution in [0.3, 0.4) is 0 Å². The first-order valence-electron chi connectivity index (χ1n) is 11.3. The van der Waals surface area contributed by atoms with Gasteiger partial charge in [0.25, 0.3) is 5.91 Å². The van der Waals surface area contributed by atoms with Gasteiger partial charge >= 0.3 is 5.92 Å². The lowest BCUT2D eigenvalue weighted by Gasteiger charge is -2.29. The van der Waals surface area contributed by atoms with Gasteiger partial charge in [-0.15, -0.1) is 0 Å². The summed E-state index contributed by atoms with van der Waals surface area (Å²) in [6, 6.07) is 5.52. The zero-order chi connectivity index (χ0) is 25.7. The molecule has 0 spiro atoms. The number of rotatable bonds is 6. The van der Waals surface area contributed by atoms with Crippen LogP contribution in [-0.2, 0) is 33.2 Å². The molecule has 2 heterocycles. The maximum atomic E-state index is 14.6. The number of Topliss-reactive ketones (excluding diaryl/α,β-unsaturated/α-hetero) is 1. The number of halogens is 3. The molecule has 3 amide bonds. The lowest BCUT2D eigenvalue weighted by molar-refractivity contribution is -0.144. The molecule has 0 aliphatic carbocycles. The topological polar surface area (TPSA) is 83.6 Å². The highest BCUT2D eigenvalue weighted by Crippen LogP contribution is 2.32. The first-order chi connectivity index (χ1) is 16.4. The fourth-order valence-electron chi connectivity index (χ4n) is 3.62. The van der Waals surface area contributed by atoms with Crippen molar-refractivity contribution in [1.82, 2.24) is 10.2 Å². The zero-order valence-corrected chi connectivity index (χ0v) is 17.3. The summed E-state index contributed by atoms with van der Waals surface area (Å²) in [7, 11) is 0. The van der Waals surface area contributed by atoms with Crippen molar-refractivity contribution in [2.24, 2.45) is 0 Å². The van der Waals surface area contributed by atoms with Gasteiger partial charge in [0.2, 0.25) is 17.6 Å². The van der Waals surface area contributed by atoms with E-state index in [1.165, 1.54) is 24.3 Å². The Bertz CT molecular complexity index is 1250. The molecular weight excluding hydrogens is 442 g/mol. The summed E-state index contributed by atoms with van der Waals surface area (Å²) in [5, 5.41) is 2.32. The minimum atomic E-state index is -3.78. The number of ketones is 1. The van der Waals surface area contributed by atoms with Gasteiger partial charge < -0.3 is 4.90 Å². The standard InChI is InChI=1S/C23H19ClF2N2O4/c24-16-5-3-15(4-6-16)23(25,26)19(29)9-2-13-1-7-17-14(11-13)12-28(22(17)32)18-8-10-20(30)27-21(18)31/h1,3-7,11,18H,2,8-10,12H2,(H,27,30,31)/i11D,12D2.